The highest BCUT2D eigenvalue weighted by molar-refractivity contribution is 8.00. The first kappa shape index (κ1) is 23.5. The Kier molecular flexibility index (Phi) is 8.07. The second-order valence-corrected chi connectivity index (χ2v) is 10.4. The molecular weight excluding hydrogens is 462 g/mol. The van der Waals surface area contributed by atoms with E-state index in [1.165, 1.54) is 16.9 Å². The maximum atomic E-state index is 13.3. The molecule has 1 fully saturated rings. The number of benzene rings is 2. The summed E-state index contributed by atoms with van der Waals surface area (Å²) in [5.41, 5.74) is 3.17. The van der Waals surface area contributed by atoms with Gasteiger partial charge in [0.1, 0.15) is 0 Å². The van der Waals surface area contributed by atoms with Crippen molar-refractivity contribution in [1.29, 1.82) is 0 Å². The van der Waals surface area contributed by atoms with Gasteiger partial charge in [0.15, 0.2) is 5.13 Å². The molecule has 4 rings (SSSR count). The Labute approximate surface area is 202 Å². The molecule has 1 aliphatic heterocycles. The van der Waals surface area contributed by atoms with Gasteiger partial charge in [0.25, 0.3) is 0 Å². The van der Waals surface area contributed by atoms with E-state index >= 15 is 0 Å². The highest BCUT2D eigenvalue weighted by atomic mass is 35.5. The number of amides is 1. The standard InChI is InChI=1S/C24H28ClN3O2S2/c1-17-4-7-19(8-5-17)31-16-21(29)28(11-3-10-27-12-14-30-15-13-27)24-26-22-18(2)6-9-20(25)23(22)32-24/h4-9H,3,10-16H2,1-2H3. The van der Waals surface area contributed by atoms with Crippen LogP contribution in [0.15, 0.2) is 41.3 Å². The topological polar surface area (TPSA) is 45.7 Å². The summed E-state index contributed by atoms with van der Waals surface area (Å²) >= 11 is 9.50. The number of thiazole rings is 1. The number of thioether (sulfide) groups is 1. The largest absolute Gasteiger partial charge is 0.379 e. The molecule has 0 bridgehead atoms. The molecule has 2 aromatic carbocycles. The smallest absolute Gasteiger partial charge is 0.239 e. The number of carbonyl (C=O) groups excluding carboxylic acids is 1. The maximum absolute atomic E-state index is 13.3. The van der Waals surface area contributed by atoms with Crippen molar-refractivity contribution in [1.82, 2.24) is 9.88 Å². The van der Waals surface area contributed by atoms with E-state index < -0.39 is 0 Å². The van der Waals surface area contributed by atoms with Crippen LogP contribution in [0.25, 0.3) is 10.2 Å². The van der Waals surface area contributed by atoms with Gasteiger partial charge in [-0.15, -0.1) is 11.8 Å². The average Bonchev–Trinajstić information content (AvgIpc) is 3.26. The first-order chi connectivity index (χ1) is 15.5. The van der Waals surface area contributed by atoms with Crippen molar-refractivity contribution in [2.75, 3.05) is 50.0 Å². The second kappa shape index (κ2) is 11.0. The van der Waals surface area contributed by atoms with Gasteiger partial charge in [-0.25, -0.2) is 4.98 Å². The summed E-state index contributed by atoms with van der Waals surface area (Å²) in [4.78, 5) is 23.5. The summed E-state index contributed by atoms with van der Waals surface area (Å²) in [6, 6.07) is 12.2. The third-order valence-corrected chi connectivity index (χ3v) is 8.10. The first-order valence-electron chi connectivity index (χ1n) is 10.9. The van der Waals surface area contributed by atoms with Crippen molar-refractivity contribution in [3.05, 3.63) is 52.5 Å². The third kappa shape index (κ3) is 5.83. The van der Waals surface area contributed by atoms with Gasteiger partial charge in [0, 0.05) is 31.1 Å². The monoisotopic (exact) mass is 489 g/mol. The predicted molar refractivity (Wildman–Crippen MR) is 135 cm³/mol. The third-order valence-electron chi connectivity index (χ3n) is 5.56. The van der Waals surface area contributed by atoms with E-state index in [0.29, 0.717) is 17.3 Å². The molecular formula is C24H28ClN3O2S2. The van der Waals surface area contributed by atoms with E-state index in [9.17, 15) is 4.79 Å². The van der Waals surface area contributed by atoms with Gasteiger partial charge in [-0.05, 0) is 44.0 Å². The highest BCUT2D eigenvalue weighted by Crippen LogP contribution is 2.36. The Morgan fingerprint density at radius 2 is 1.94 bits per heavy atom. The van der Waals surface area contributed by atoms with E-state index in [4.69, 9.17) is 21.3 Å². The Morgan fingerprint density at radius 3 is 2.66 bits per heavy atom. The quantitative estimate of drug-likeness (QED) is 0.396. The number of nitrogens with zero attached hydrogens (tertiary/aromatic N) is 3. The van der Waals surface area contributed by atoms with Crippen molar-refractivity contribution in [2.45, 2.75) is 25.2 Å². The van der Waals surface area contributed by atoms with Crippen molar-refractivity contribution in [3.63, 3.8) is 0 Å². The van der Waals surface area contributed by atoms with Gasteiger partial charge in [0.2, 0.25) is 5.91 Å². The Morgan fingerprint density at radius 1 is 1.19 bits per heavy atom. The fourth-order valence-electron chi connectivity index (χ4n) is 3.67. The number of aromatic nitrogens is 1. The summed E-state index contributed by atoms with van der Waals surface area (Å²) in [6.07, 6.45) is 0.892. The molecule has 0 radical (unpaired) electrons. The molecule has 1 saturated heterocycles. The Hall–Kier alpha value is -1.64. The zero-order valence-electron chi connectivity index (χ0n) is 18.5. The molecule has 0 saturated carbocycles. The van der Waals surface area contributed by atoms with E-state index in [0.717, 1.165) is 65.1 Å². The lowest BCUT2D eigenvalue weighted by Crippen LogP contribution is -2.39. The molecule has 0 aliphatic carbocycles. The van der Waals surface area contributed by atoms with Crippen LogP contribution < -0.4 is 4.90 Å². The number of morpholine rings is 1. The predicted octanol–water partition coefficient (Wildman–Crippen LogP) is 5.41. The fourth-order valence-corrected chi connectivity index (χ4v) is 5.80. The maximum Gasteiger partial charge on any atom is 0.239 e. The van der Waals surface area contributed by atoms with Crippen molar-refractivity contribution in [3.8, 4) is 0 Å². The number of hydrogen-bond donors (Lipinski definition) is 0. The molecule has 3 aromatic rings. The van der Waals surface area contributed by atoms with Gasteiger partial charge in [-0.1, -0.05) is 46.7 Å². The van der Waals surface area contributed by atoms with Crippen LogP contribution in [0.3, 0.4) is 0 Å². The average molecular weight is 490 g/mol. The highest BCUT2D eigenvalue weighted by Gasteiger charge is 2.22. The van der Waals surface area contributed by atoms with E-state index in [1.54, 1.807) is 11.8 Å². The number of ether oxygens (including phenoxy) is 1. The molecule has 170 valence electrons. The Balaban J connectivity index is 1.50. The van der Waals surface area contributed by atoms with E-state index in [2.05, 4.69) is 36.1 Å². The normalized spacial score (nSPS) is 14.7. The number of hydrogen-bond acceptors (Lipinski definition) is 6. The van der Waals surface area contributed by atoms with Crippen molar-refractivity contribution < 1.29 is 9.53 Å². The minimum atomic E-state index is 0.0744. The molecule has 32 heavy (non-hydrogen) atoms. The second-order valence-electron chi connectivity index (χ2n) is 7.99. The summed E-state index contributed by atoms with van der Waals surface area (Å²) in [7, 11) is 0. The molecule has 5 nitrogen and oxygen atoms in total. The van der Waals surface area contributed by atoms with Crippen LogP contribution in [-0.4, -0.2) is 60.9 Å². The molecule has 0 atom stereocenters. The molecule has 1 amide bonds. The zero-order chi connectivity index (χ0) is 22.5. The molecule has 1 aromatic heterocycles. The lowest BCUT2D eigenvalue weighted by molar-refractivity contribution is -0.116. The van der Waals surface area contributed by atoms with E-state index in [1.807, 2.05) is 24.0 Å². The van der Waals surface area contributed by atoms with Crippen LogP contribution in [0.2, 0.25) is 5.02 Å². The SMILES string of the molecule is Cc1ccc(SCC(=O)N(CCCN2CCOCC2)c2nc3c(C)ccc(Cl)c3s2)cc1. The van der Waals surface area contributed by atoms with Crippen LogP contribution in [0, 0.1) is 13.8 Å². The van der Waals surface area contributed by atoms with Crippen LogP contribution in [0.1, 0.15) is 17.5 Å². The van der Waals surface area contributed by atoms with Crippen LogP contribution >= 0.6 is 34.7 Å². The van der Waals surface area contributed by atoms with Gasteiger partial charge >= 0.3 is 0 Å². The van der Waals surface area contributed by atoms with Crippen molar-refractivity contribution in [2.24, 2.45) is 0 Å². The summed E-state index contributed by atoms with van der Waals surface area (Å²) in [5, 5.41) is 1.41. The molecule has 0 unspecified atom stereocenters. The van der Waals surface area contributed by atoms with E-state index in [-0.39, 0.29) is 5.91 Å². The number of anilines is 1. The zero-order valence-corrected chi connectivity index (χ0v) is 20.9. The van der Waals surface area contributed by atoms with Crippen LogP contribution in [0.5, 0.6) is 0 Å². The number of fused-ring (bicyclic) bond motifs is 1. The minimum absolute atomic E-state index is 0.0744. The molecule has 8 heteroatoms. The fraction of sp³-hybridized carbons (Fsp3) is 0.417. The number of rotatable bonds is 8. The number of aryl methyl sites for hydroxylation is 2. The summed E-state index contributed by atoms with van der Waals surface area (Å²) in [6.45, 7) is 9.15. The molecule has 1 aliphatic rings. The minimum Gasteiger partial charge on any atom is -0.379 e. The lowest BCUT2D eigenvalue weighted by Gasteiger charge is -2.27. The molecule has 2 heterocycles. The van der Waals surface area contributed by atoms with Gasteiger partial charge < -0.3 is 4.74 Å². The Bertz CT molecular complexity index is 1030. The lowest BCUT2D eigenvalue weighted by atomic mass is 10.2. The van der Waals surface area contributed by atoms with Crippen LogP contribution in [-0.2, 0) is 9.53 Å². The summed E-state index contributed by atoms with van der Waals surface area (Å²) < 4.78 is 6.39. The van der Waals surface area contributed by atoms with Crippen LogP contribution in [0.4, 0.5) is 5.13 Å². The van der Waals surface area contributed by atoms with Crippen molar-refractivity contribution >= 4 is 56.0 Å². The number of carbonyl (C=O) groups is 1. The van der Waals surface area contributed by atoms with Gasteiger partial charge in [-0.3, -0.25) is 14.6 Å². The summed E-state index contributed by atoms with van der Waals surface area (Å²) in [5.74, 6) is 0.453. The molecule has 0 N–H and O–H groups in total. The van der Waals surface area contributed by atoms with Gasteiger partial charge in [-0.2, -0.15) is 0 Å². The number of halogens is 1. The first-order valence-corrected chi connectivity index (χ1v) is 13.0. The molecule has 0 spiro atoms. The van der Waals surface area contributed by atoms with Gasteiger partial charge in [0.05, 0.1) is 34.2 Å².